The molecular formula is C47H53ClN4O5S. The zero-order valence-electron chi connectivity index (χ0n) is 33.5. The Hall–Kier alpha value is -4.87. The first-order chi connectivity index (χ1) is 28.0. The number of hydrogen-bond donors (Lipinski definition) is 2. The molecule has 0 aliphatic carbocycles. The predicted molar refractivity (Wildman–Crippen MR) is 234 cm³/mol. The van der Waals surface area contributed by atoms with Gasteiger partial charge in [-0.1, -0.05) is 80.0 Å². The molecule has 0 aromatic heterocycles. The van der Waals surface area contributed by atoms with E-state index >= 15 is 0 Å². The quantitative estimate of drug-likeness (QED) is 0.114. The van der Waals surface area contributed by atoms with Gasteiger partial charge in [0.15, 0.2) is 0 Å². The van der Waals surface area contributed by atoms with Gasteiger partial charge in [0.05, 0.1) is 10.5 Å². The standard InChI is InChI=1S/C47H53ClN4O5S/c1-33(2)27-40-32-52(24-23-51(40)31-37-9-7-8-12-43(37)36-13-15-38(48)16-14-36)39-17-19-44(46(29-39)57-41-10-5-4-6-11-41)47(53)50-58(54,55)42-18-20-45(34(3)28-42)49-30-35-21-25-56-26-22-35/h4-20,28-29,33,35,40,49H,21-27,30-32H2,1-3H3,(H,50,53). The van der Waals surface area contributed by atoms with Crippen LogP contribution in [0.3, 0.4) is 0 Å². The van der Waals surface area contributed by atoms with Crippen LogP contribution in [-0.4, -0.2) is 64.7 Å². The molecule has 0 spiro atoms. The van der Waals surface area contributed by atoms with Crippen molar-refractivity contribution in [2.45, 2.75) is 57.5 Å². The minimum atomic E-state index is -4.20. The lowest BCUT2D eigenvalue weighted by atomic mass is 9.96. The minimum Gasteiger partial charge on any atom is -0.456 e. The molecule has 0 saturated carbocycles. The Bertz CT molecular complexity index is 2280. The number of halogens is 1. The van der Waals surface area contributed by atoms with Gasteiger partial charge in [0.25, 0.3) is 15.9 Å². The first-order valence-corrected chi connectivity index (χ1v) is 22.1. The maximum atomic E-state index is 13.9. The van der Waals surface area contributed by atoms with Crippen LogP contribution in [0.2, 0.25) is 5.02 Å². The average molecular weight is 821 g/mol. The van der Waals surface area contributed by atoms with Crippen molar-refractivity contribution in [3.05, 3.63) is 137 Å². The van der Waals surface area contributed by atoms with Crippen LogP contribution < -0.4 is 19.7 Å². The molecule has 5 aromatic rings. The number of hydrogen-bond acceptors (Lipinski definition) is 8. The number of sulfonamides is 1. The Balaban J connectivity index is 1.09. The third-order valence-corrected chi connectivity index (χ3v) is 12.7. The van der Waals surface area contributed by atoms with Crippen LogP contribution in [0.25, 0.3) is 11.1 Å². The van der Waals surface area contributed by atoms with Crippen molar-refractivity contribution in [1.82, 2.24) is 9.62 Å². The molecule has 0 bridgehead atoms. The molecule has 0 radical (unpaired) electrons. The molecule has 2 fully saturated rings. The summed E-state index contributed by atoms with van der Waals surface area (Å²) in [6, 6.07) is 36.4. The fraction of sp³-hybridized carbons (Fsp3) is 0.340. The summed E-state index contributed by atoms with van der Waals surface area (Å²) in [6.45, 7) is 11.9. The average Bonchev–Trinajstić information content (AvgIpc) is 3.22. The highest BCUT2D eigenvalue weighted by atomic mass is 35.5. The minimum absolute atomic E-state index is 0.0157. The number of rotatable bonds is 14. The lowest BCUT2D eigenvalue weighted by molar-refractivity contribution is 0.0699. The highest BCUT2D eigenvalue weighted by Gasteiger charge is 2.30. The molecule has 7 rings (SSSR count). The highest BCUT2D eigenvalue weighted by molar-refractivity contribution is 7.90. The van der Waals surface area contributed by atoms with Gasteiger partial charge in [0.2, 0.25) is 0 Å². The lowest BCUT2D eigenvalue weighted by Crippen LogP contribution is -2.53. The molecule has 2 heterocycles. The second-order valence-corrected chi connectivity index (χ2v) is 17.9. The Morgan fingerprint density at radius 2 is 1.64 bits per heavy atom. The molecule has 58 heavy (non-hydrogen) atoms. The number of piperazine rings is 1. The first-order valence-electron chi connectivity index (χ1n) is 20.2. The van der Waals surface area contributed by atoms with Gasteiger partial charge < -0.3 is 19.7 Å². The van der Waals surface area contributed by atoms with Crippen LogP contribution >= 0.6 is 11.6 Å². The number of carbonyl (C=O) groups excluding carboxylic acids is 1. The zero-order valence-corrected chi connectivity index (χ0v) is 35.1. The van der Waals surface area contributed by atoms with Crippen LogP contribution in [-0.2, 0) is 21.3 Å². The van der Waals surface area contributed by atoms with Crippen molar-refractivity contribution in [2.24, 2.45) is 11.8 Å². The maximum absolute atomic E-state index is 13.9. The summed E-state index contributed by atoms with van der Waals surface area (Å²) in [5.41, 5.74) is 6.28. The van der Waals surface area contributed by atoms with E-state index < -0.39 is 15.9 Å². The Labute approximate surface area is 348 Å². The molecule has 1 amide bonds. The number of benzene rings is 5. The molecule has 1 unspecified atom stereocenters. The SMILES string of the molecule is Cc1cc(S(=O)(=O)NC(=O)c2ccc(N3CCN(Cc4ccccc4-c4ccc(Cl)cc4)C(CC(C)C)C3)cc2Oc2ccccc2)ccc1NCC1CCOCC1. The predicted octanol–water partition coefficient (Wildman–Crippen LogP) is 9.80. The van der Waals surface area contributed by atoms with E-state index in [1.807, 2.05) is 61.5 Å². The Morgan fingerprint density at radius 1 is 0.897 bits per heavy atom. The third kappa shape index (κ3) is 10.4. The molecule has 2 aliphatic rings. The van der Waals surface area contributed by atoms with Gasteiger partial charge in [-0.25, -0.2) is 13.1 Å². The lowest BCUT2D eigenvalue weighted by Gasteiger charge is -2.43. The summed E-state index contributed by atoms with van der Waals surface area (Å²) in [5, 5.41) is 4.18. The summed E-state index contributed by atoms with van der Waals surface area (Å²) in [7, 11) is -4.20. The normalized spacial score (nSPS) is 16.6. The number of para-hydroxylation sites is 1. The maximum Gasteiger partial charge on any atom is 0.268 e. The number of ether oxygens (including phenoxy) is 2. The van der Waals surface area contributed by atoms with E-state index in [0.717, 1.165) is 92.7 Å². The van der Waals surface area contributed by atoms with Gasteiger partial charge in [0, 0.05) is 74.4 Å². The van der Waals surface area contributed by atoms with Crippen LogP contribution in [0.5, 0.6) is 11.5 Å². The molecule has 5 aromatic carbocycles. The second-order valence-electron chi connectivity index (χ2n) is 15.8. The van der Waals surface area contributed by atoms with E-state index in [1.165, 1.54) is 17.2 Å². The van der Waals surface area contributed by atoms with Crippen molar-refractivity contribution in [3.8, 4) is 22.6 Å². The van der Waals surface area contributed by atoms with Crippen LogP contribution in [0.15, 0.2) is 120 Å². The van der Waals surface area contributed by atoms with E-state index in [9.17, 15) is 13.2 Å². The van der Waals surface area contributed by atoms with Crippen LogP contribution in [0.4, 0.5) is 11.4 Å². The zero-order chi connectivity index (χ0) is 40.6. The van der Waals surface area contributed by atoms with Crippen molar-refractivity contribution in [2.75, 3.05) is 49.6 Å². The van der Waals surface area contributed by atoms with Crippen LogP contribution in [0, 0.1) is 18.8 Å². The number of amides is 1. The molecule has 1 atom stereocenters. The van der Waals surface area contributed by atoms with E-state index in [-0.39, 0.29) is 22.3 Å². The Morgan fingerprint density at radius 3 is 2.38 bits per heavy atom. The topological polar surface area (TPSA) is 100 Å². The van der Waals surface area contributed by atoms with E-state index in [4.69, 9.17) is 21.1 Å². The van der Waals surface area contributed by atoms with Gasteiger partial charge in [-0.15, -0.1) is 0 Å². The van der Waals surface area contributed by atoms with Crippen molar-refractivity contribution < 1.29 is 22.7 Å². The number of nitrogens with one attached hydrogen (secondary N) is 2. The Kier molecular flexibility index (Phi) is 13.4. The van der Waals surface area contributed by atoms with Crippen LogP contribution in [0.1, 0.15) is 54.6 Å². The molecule has 2 N–H and O–H groups in total. The molecule has 2 aliphatic heterocycles. The van der Waals surface area contributed by atoms with E-state index in [2.05, 4.69) is 70.1 Å². The largest absolute Gasteiger partial charge is 0.456 e. The van der Waals surface area contributed by atoms with Crippen molar-refractivity contribution >= 4 is 38.9 Å². The molecule has 304 valence electrons. The van der Waals surface area contributed by atoms with Gasteiger partial charge in [-0.3, -0.25) is 9.69 Å². The van der Waals surface area contributed by atoms with Gasteiger partial charge >= 0.3 is 0 Å². The number of carbonyl (C=O) groups is 1. The molecule has 11 heteroatoms. The van der Waals surface area contributed by atoms with Crippen molar-refractivity contribution in [3.63, 3.8) is 0 Å². The third-order valence-electron chi connectivity index (χ3n) is 11.1. The van der Waals surface area contributed by atoms with Gasteiger partial charge in [-0.2, -0.15) is 0 Å². The second kappa shape index (κ2) is 18.8. The summed E-state index contributed by atoms with van der Waals surface area (Å²) < 4.78 is 41.4. The van der Waals surface area contributed by atoms with Gasteiger partial charge in [0.1, 0.15) is 11.5 Å². The summed E-state index contributed by atoms with van der Waals surface area (Å²) in [4.78, 5) is 18.8. The smallest absolute Gasteiger partial charge is 0.268 e. The number of nitrogens with zero attached hydrogens (tertiary/aromatic N) is 2. The molecule has 2 saturated heterocycles. The van der Waals surface area contributed by atoms with Crippen molar-refractivity contribution in [1.29, 1.82) is 0 Å². The molecular weight excluding hydrogens is 768 g/mol. The fourth-order valence-corrected chi connectivity index (χ4v) is 9.11. The van der Waals surface area contributed by atoms with E-state index in [1.54, 1.807) is 18.2 Å². The molecule has 9 nitrogen and oxygen atoms in total. The summed E-state index contributed by atoms with van der Waals surface area (Å²) >= 11 is 6.22. The monoisotopic (exact) mass is 820 g/mol. The summed E-state index contributed by atoms with van der Waals surface area (Å²) in [6.07, 6.45) is 3.01. The van der Waals surface area contributed by atoms with Gasteiger partial charge in [-0.05, 0) is 115 Å². The first kappa shape index (κ1) is 41.3. The number of aryl methyl sites for hydroxylation is 1. The fourth-order valence-electron chi connectivity index (χ4n) is 7.93. The highest BCUT2D eigenvalue weighted by Crippen LogP contribution is 2.34. The van der Waals surface area contributed by atoms with E-state index in [0.29, 0.717) is 17.6 Å². The number of anilines is 2. The summed E-state index contributed by atoms with van der Waals surface area (Å²) in [5.74, 6) is 1.05.